The Balaban J connectivity index is 2.00. The molecule has 0 spiro atoms. The van der Waals surface area contributed by atoms with Gasteiger partial charge in [0.1, 0.15) is 0 Å². The topological polar surface area (TPSA) is 46.4 Å². The summed E-state index contributed by atoms with van der Waals surface area (Å²) in [5.74, 6) is 0.541. The van der Waals surface area contributed by atoms with E-state index in [9.17, 15) is 10.1 Å². The van der Waals surface area contributed by atoms with Crippen LogP contribution in [-0.4, -0.2) is 28.5 Å². The monoisotopic (exact) mass is 262 g/mol. The Kier molecular flexibility index (Phi) is 3.90. The Bertz CT molecular complexity index is 440. The summed E-state index contributed by atoms with van der Waals surface area (Å²) in [6, 6.07) is 7.06. The van der Waals surface area contributed by atoms with E-state index in [1.165, 1.54) is 5.56 Å². The van der Waals surface area contributed by atoms with Gasteiger partial charge in [0.2, 0.25) is 0 Å². The molecule has 2 rings (SSSR count). The molecule has 0 aliphatic carbocycles. The molecule has 0 radical (unpaired) electrons. The minimum atomic E-state index is -0.341. The quantitative estimate of drug-likeness (QED) is 0.604. The molecule has 0 bridgehead atoms. The van der Waals surface area contributed by atoms with Gasteiger partial charge in [-0.1, -0.05) is 12.1 Å². The van der Waals surface area contributed by atoms with E-state index >= 15 is 0 Å². The Hall–Kier alpha value is -1.42. The second-order valence-electron chi connectivity index (χ2n) is 6.28. The molecule has 1 saturated heterocycles. The summed E-state index contributed by atoms with van der Waals surface area (Å²) in [4.78, 5) is 12.8. The highest BCUT2D eigenvalue weighted by Gasteiger charge is 2.27. The van der Waals surface area contributed by atoms with Crippen LogP contribution in [0.3, 0.4) is 0 Å². The number of nitro groups is 1. The zero-order chi connectivity index (χ0) is 14.0. The van der Waals surface area contributed by atoms with Crippen LogP contribution in [0.2, 0.25) is 0 Å². The first-order valence-electron chi connectivity index (χ1n) is 6.87. The lowest BCUT2D eigenvalue weighted by molar-refractivity contribution is -0.384. The summed E-state index contributed by atoms with van der Waals surface area (Å²) >= 11 is 0. The second-order valence-corrected chi connectivity index (χ2v) is 6.28. The fraction of sp³-hybridized carbons (Fsp3) is 0.600. The molecular formula is C15H22N2O2. The summed E-state index contributed by atoms with van der Waals surface area (Å²) in [5.41, 5.74) is 1.65. The molecule has 1 aliphatic rings. The van der Waals surface area contributed by atoms with E-state index in [0.717, 1.165) is 25.9 Å². The fourth-order valence-electron chi connectivity index (χ4n) is 2.75. The van der Waals surface area contributed by atoms with Crippen LogP contribution in [0, 0.1) is 10.1 Å². The number of nitrogens with zero attached hydrogens (tertiary/aromatic N) is 2. The standard InChI is InChI=1S/C15H22N2O2/c1-15(2,3)16-10-8-13(9-11-16)12-4-6-14(7-5-12)17(18)19/h4-7,13H,8-11H2,1-3H3. The molecule has 4 heteroatoms. The highest BCUT2D eigenvalue weighted by atomic mass is 16.6. The zero-order valence-corrected chi connectivity index (χ0v) is 11.9. The highest BCUT2D eigenvalue weighted by molar-refractivity contribution is 5.34. The largest absolute Gasteiger partial charge is 0.298 e. The van der Waals surface area contributed by atoms with Crippen LogP contribution >= 0.6 is 0 Å². The molecule has 1 aromatic carbocycles. The van der Waals surface area contributed by atoms with E-state index in [1.54, 1.807) is 12.1 Å². The zero-order valence-electron chi connectivity index (χ0n) is 11.9. The Morgan fingerprint density at radius 2 is 1.68 bits per heavy atom. The smallest absolute Gasteiger partial charge is 0.269 e. The lowest BCUT2D eigenvalue weighted by Gasteiger charge is -2.41. The number of benzene rings is 1. The van der Waals surface area contributed by atoms with E-state index in [2.05, 4.69) is 25.7 Å². The minimum absolute atomic E-state index is 0.177. The molecule has 0 atom stereocenters. The van der Waals surface area contributed by atoms with Gasteiger partial charge in [0.25, 0.3) is 5.69 Å². The summed E-state index contributed by atoms with van der Waals surface area (Å²) in [7, 11) is 0. The van der Waals surface area contributed by atoms with Gasteiger partial charge < -0.3 is 0 Å². The van der Waals surface area contributed by atoms with Crippen LogP contribution in [0.5, 0.6) is 0 Å². The second kappa shape index (κ2) is 5.29. The van der Waals surface area contributed by atoms with E-state index in [-0.39, 0.29) is 16.1 Å². The van der Waals surface area contributed by atoms with Crippen molar-refractivity contribution in [2.24, 2.45) is 0 Å². The third-order valence-corrected chi connectivity index (χ3v) is 4.02. The van der Waals surface area contributed by atoms with Crippen molar-refractivity contribution >= 4 is 5.69 Å². The highest BCUT2D eigenvalue weighted by Crippen LogP contribution is 2.31. The third-order valence-electron chi connectivity index (χ3n) is 4.02. The van der Waals surface area contributed by atoms with Gasteiger partial charge in [0.05, 0.1) is 4.92 Å². The minimum Gasteiger partial charge on any atom is -0.298 e. The van der Waals surface area contributed by atoms with Crippen molar-refractivity contribution in [3.63, 3.8) is 0 Å². The number of piperidine rings is 1. The van der Waals surface area contributed by atoms with Crippen LogP contribution < -0.4 is 0 Å². The van der Waals surface area contributed by atoms with Crippen molar-refractivity contribution in [3.05, 3.63) is 39.9 Å². The molecule has 0 N–H and O–H groups in total. The first kappa shape index (κ1) is 14.0. The van der Waals surface area contributed by atoms with Crippen molar-refractivity contribution < 1.29 is 4.92 Å². The van der Waals surface area contributed by atoms with Crippen LogP contribution in [0.1, 0.15) is 45.1 Å². The van der Waals surface area contributed by atoms with Gasteiger partial charge in [0, 0.05) is 17.7 Å². The number of hydrogen-bond acceptors (Lipinski definition) is 3. The lowest BCUT2D eigenvalue weighted by atomic mass is 9.87. The van der Waals surface area contributed by atoms with Crippen LogP contribution in [0.25, 0.3) is 0 Å². The first-order valence-corrected chi connectivity index (χ1v) is 6.87. The molecule has 0 unspecified atom stereocenters. The summed E-state index contributed by atoms with van der Waals surface area (Å²) < 4.78 is 0. The van der Waals surface area contributed by atoms with Gasteiger partial charge >= 0.3 is 0 Å². The Morgan fingerprint density at radius 3 is 2.11 bits per heavy atom. The van der Waals surface area contributed by atoms with E-state index in [1.807, 2.05) is 12.1 Å². The van der Waals surface area contributed by atoms with Gasteiger partial charge in [0.15, 0.2) is 0 Å². The van der Waals surface area contributed by atoms with Gasteiger partial charge in [-0.05, 0) is 58.2 Å². The average molecular weight is 262 g/mol. The van der Waals surface area contributed by atoms with Crippen LogP contribution in [-0.2, 0) is 0 Å². The molecule has 1 fully saturated rings. The molecule has 0 saturated carbocycles. The van der Waals surface area contributed by atoms with Gasteiger partial charge in [-0.3, -0.25) is 15.0 Å². The van der Waals surface area contributed by atoms with E-state index < -0.39 is 0 Å². The maximum Gasteiger partial charge on any atom is 0.269 e. The molecule has 1 aromatic rings. The van der Waals surface area contributed by atoms with E-state index in [0.29, 0.717) is 5.92 Å². The van der Waals surface area contributed by atoms with Crippen molar-refractivity contribution in [2.45, 2.75) is 45.1 Å². The molecule has 0 amide bonds. The normalized spacial score (nSPS) is 18.5. The van der Waals surface area contributed by atoms with Gasteiger partial charge in [-0.2, -0.15) is 0 Å². The van der Waals surface area contributed by atoms with Gasteiger partial charge in [-0.15, -0.1) is 0 Å². The number of hydrogen-bond donors (Lipinski definition) is 0. The molecule has 4 nitrogen and oxygen atoms in total. The molecule has 19 heavy (non-hydrogen) atoms. The number of non-ortho nitro benzene ring substituents is 1. The van der Waals surface area contributed by atoms with Crippen LogP contribution in [0.15, 0.2) is 24.3 Å². The lowest BCUT2D eigenvalue weighted by Crippen LogP contribution is -2.45. The maximum absolute atomic E-state index is 10.6. The van der Waals surface area contributed by atoms with E-state index in [4.69, 9.17) is 0 Å². The predicted molar refractivity (Wildman–Crippen MR) is 76.4 cm³/mol. The molecule has 1 heterocycles. The summed E-state index contributed by atoms with van der Waals surface area (Å²) in [6.07, 6.45) is 2.27. The van der Waals surface area contributed by atoms with Crippen LogP contribution in [0.4, 0.5) is 5.69 Å². The van der Waals surface area contributed by atoms with Gasteiger partial charge in [-0.25, -0.2) is 0 Å². The molecule has 104 valence electrons. The average Bonchev–Trinajstić information content (AvgIpc) is 2.38. The predicted octanol–water partition coefficient (Wildman–Crippen LogP) is 3.57. The summed E-state index contributed by atoms with van der Waals surface area (Å²) in [6.45, 7) is 8.95. The summed E-state index contributed by atoms with van der Waals surface area (Å²) in [5, 5.41) is 10.6. The van der Waals surface area contributed by atoms with Crippen molar-refractivity contribution in [3.8, 4) is 0 Å². The number of rotatable bonds is 2. The van der Waals surface area contributed by atoms with Crippen molar-refractivity contribution in [1.82, 2.24) is 4.90 Å². The van der Waals surface area contributed by atoms with Crippen molar-refractivity contribution in [2.75, 3.05) is 13.1 Å². The third kappa shape index (κ3) is 3.32. The Morgan fingerprint density at radius 1 is 1.16 bits per heavy atom. The number of nitro benzene ring substituents is 1. The fourth-order valence-corrected chi connectivity index (χ4v) is 2.75. The molecule has 1 aliphatic heterocycles. The van der Waals surface area contributed by atoms with Crippen molar-refractivity contribution in [1.29, 1.82) is 0 Å². The first-order chi connectivity index (χ1) is 8.88. The molecular weight excluding hydrogens is 240 g/mol. The Labute approximate surface area is 114 Å². The molecule has 0 aromatic heterocycles. The SMILES string of the molecule is CC(C)(C)N1CCC(c2ccc([N+](=O)[O-])cc2)CC1. The number of likely N-dealkylation sites (tertiary alicyclic amines) is 1. The maximum atomic E-state index is 10.6.